The smallest absolute Gasteiger partial charge is 0.255 e. The highest BCUT2D eigenvalue weighted by Gasteiger charge is 2.31. The molecule has 0 unspecified atom stereocenters. The van der Waals surface area contributed by atoms with Gasteiger partial charge in [0.1, 0.15) is 13.2 Å². The molecule has 1 saturated heterocycles. The van der Waals surface area contributed by atoms with Gasteiger partial charge in [0, 0.05) is 38.1 Å². The molecular formula is C24H31N3O4S. The number of thiophene rings is 1. The van der Waals surface area contributed by atoms with E-state index in [1.807, 2.05) is 49.6 Å². The van der Waals surface area contributed by atoms with Crippen LogP contribution in [0.15, 0.2) is 47.2 Å². The van der Waals surface area contributed by atoms with Gasteiger partial charge in [0.2, 0.25) is 11.8 Å². The molecule has 0 radical (unpaired) electrons. The average molecular weight is 458 g/mol. The molecule has 0 saturated carbocycles. The second kappa shape index (κ2) is 11.8. The summed E-state index contributed by atoms with van der Waals surface area (Å²) in [6.45, 7) is 6.20. The molecule has 2 aromatic rings. The van der Waals surface area contributed by atoms with Crippen molar-refractivity contribution < 1.29 is 19.1 Å². The predicted octanol–water partition coefficient (Wildman–Crippen LogP) is 2.53. The van der Waals surface area contributed by atoms with Crippen molar-refractivity contribution in [3.8, 4) is 0 Å². The van der Waals surface area contributed by atoms with E-state index < -0.39 is 6.10 Å². The van der Waals surface area contributed by atoms with Gasteiger partial charge >= 0.3 is 0 Å². The van der Waals surface area contributed by atoms with Gasteiger partial charge in [0.25, 0.3) is 5.91 Å². The lowest BCUT2D eigenvalue weighted by Crippen LogP contribution is -2.41. The molecule has 0 bridgehead atoms. The molecule has 1 aliphatic heterocycles. The highest BCUT2D eigenvalue weighted by molar-refractivity contribution is 7.08. The first kappa shape index (κ1) is 23.9. The second-order valence-electron chi connectivity index (χ2n) is 7.77. The molecule has 0 spiro atoms. The van der Waals surface area contributed by atoms with E-state index >= 15 is 0 Å². The van der Waals surface area contributed by atoms with Gasteiger partial charge in [-0.2, -0.15) is 11.3 Å². The van der Waals surface area contributed by atoms with Gasteiger partial charge in [-0.15, -0.1) is 0 Å². The number of rotatable bonds is 9. The Hall–Kier alpha value is -2.71. The highest BCUT2D eigenvalue weighted by Crippen LogP contribution is 2.15. The van der Waals surface area contributed by atoms with E-state index in [1.54, 1.807) is 26.1 Å². The molecule has 1 aliphatic rings. The first-order chi connectivity index (χ1) is 15.5. The van der Waals surface area contributed by atoms with Crippen LogP contribution in [0, 0.1) is 0 Å². The van der Waals surface area contributed by atoms with Gasteiger partial charge in [0.05, 0.1) is 11.7 Å². The third kappa shape index (κ3) is 6.40. The molecular weight excluding hydrogens is 426 g/mol. The fraction of sp³-hybridized carbons (Fsp3) is 0.458. The van der Waals surface area contributed by atoms with Crippen molar-refractivity contribution >= 4 is 29.1 Å². The summed E-state index contributed by atoms with van der Waals surface area (Å²) in [5.74, 6) is -0.379. The van der Waals surface area contributed by atoms with Crippen LogP contribution in [-0.2, 0) is 20.7 Å². The SMILES string of the molecule is CCN(CC)C(=O)CO[C@@H]1CN(CCc2ccccc2)C(=O)CN(C(=O)c2ccsc2)C1. The van der Waals surface area contributed by atoms with Crippen LogP contribution >= 0.6 is 11.3 Å². The van der Waals surface area contributed by atoms with Gasteiger partial charge in [-0.25, -0.2) is 0 Å². The lowest BCUT2D eigenvalue weighted by molar-refractivity contribution is -0.138. The Bertz CT molecular complexity index is 884. The number of hydrogen-bond acceptors (Lipinski definition) is 5. The summed E-state index contributed by atoms with van der Waals surface area (Å²) in [6.07, 6.45) is 0.287. The Morgan fingerprint density at radius 1 is 1.12 bits per heavy atom. The molecule has 0 N–H and O–H groups in total. The van der Waals surface area contributed by atoms with Crippen LogP contribution in [0.4, 0.5) is 0 Å². The van der Waals surface area contributed by atoms with E-state index in [2.05, 4.69) is 0 Å². The fourth-order valence-corrected chi connectivity index (χ4v) is 4.42. The number of hydrogen-bond donors (Lipinski definition) is 0. The average Bonchev–Trinajstić information content (AvgIpc) is 3.29. The first-order valence-electron chi connectivity index (χ1n) is 11.0. The molecule has 172 valence electrons. The van der Waals surface area contributed by atoms with Crippen LogP contribution in [0.2, 0.25) is 0 Å². The first-order valence-corrected chi connectivity index (χ1v) is 12.0. The van der Waals surface area contributed by atoms with E-state index in [1.165, 1.54) is 11.3 Å². The van der Waals surface area contributed by atoms with Gasteiger partial charge < -0.3 is 19.4 Å². The van der Waals surface area contributed by atoms with Gasteiger partial charge in [0.15, 0.2) is 0 Å². The third-order valence-corrected chi connectivity index (χ3v) is 6.34. The Labute approximate surface area is 193 Å². The highest BCUT2D eigenvalue weighted by atomic mass is 32.1. The summed E-state index contributed by atoms with van der Waals surface area (Å²) >= 11 is 1.44. The molecule has 3 amide bonds. The normalized spacial score (nSPS) is 16.7. The van der Waals surface area contributed by atoms with Crippen molar-refractivity contribution in [2.24, 2.45) is 0 Å². The quantitative estimate of drug-likeness (QED) is 0.580. The zero-order valence-electron chi connectivity index (χ0n) is 18.7. The van der Waals surface area contributed by atoms with Gasteiger partial charge in [-0.3, -0.25) is 14.4 Å². The molecule has 8 heteroatoms. The van der Waals surface area contributed by atoms with Crippen molar-refractivity contribution in [1.82, 2.24) is 14.7 Å². The van der Waals surface area contributed by atoms with Crippen LogP contribution in [0.3, 0.4) is 0 Å². The molecule has 3 rings (SSSR count). The van der Waals surface area contributed by atoms with Gasteiger partial charge in [-0.05, 0) is 37.3 Å². The zero-order valence-corrected chi connectivity index (χ0v) is 19.6. The molecule has 1 aromatic heterocycles. The number of carbonyl (C=O) groups is 3. The van der Waals surface area contributed by atoms with Gasteiger partial charge in [-0.1, -0.05) is 30.3 Å². The van der Waals surface area contributed by atoms with E-state index in [-0.39, 0.29) is 37.4 Å². The van der Waals surface area contributed by atoms with E-state index in [9.17, 15) is 14.4 Å². The Kier molecular flexibility index (Phi) is 8.81. The van der Waals surface area contributed by atoms with Crippen LogP contribution in [0.1, 0.15) is 29.8 Å². The second-order valence-corrected chi connectivity index (χ2v) is 8.55. The van der Waals surface area contributed by atoms with Crippen molar-refractivity contribution in [2.45, 2.75) is 26.4 Å². The number of carbonyl (C=O) groups excluding carboxylic acids is 3. The van der Waals surface area contributed by atoms with Crippen LogP contribution in [0.25, 0.3) is 0 Å². The lowest BCUT2D eigenvalue weighted by Gasteiger charge is -2.26. The fourth-order valence-electron chi connectivity index (χ4n) is 3.79. The lowest BCUT2D eigenvalue weighted by atomic mass is 10.1. The minimum Gasteiger partial charge on any atom is -0.365 e. The van der Waals surface area contributed by atoms with E-state index in [4.69, 9.17) is 4.74 Å². The largest absolute Gasteiger partial charge is 0.365 e. The monoisotopic (exact) mass is 457 g/mol. The number of ether oxygens (including phenoxy) is 1. The molecule has 2 heterocycles. The summed E-state index contributed by atoms with van der Waals surface area (Å²) in [4.78, 5) is 43.4. The molecule has 1 aromatic carbocycles. The topological polar surface area (TPSA) is 70.2 Å². The van der Waals surface area contributed by atoms with Crippen LogP contribution < -0.4 is 0 Å². The number of benzene rings is 1. The standard InChI is InChI=1S/C24H31N3O4S/c1-3-25(4-2)23(29)17-31-21-14-26(12-10-19-8-6-5-7-9-19)22(28)16-27(15-21)24(30)20-11-13-32-18-20/h5-9,11,13,18,21H,3-4,10,12,14-17H2,1-2H3/t21-/m1/s1. The summed E-state index contributed by atoms with van der Waals surface area (Å²) < 4.78 is 5.96. The predicted molar refractivity (Wildman–Crippen MR) is 125 cm³/mol. The summed E-state index contributed by atoms with van der Waals surface area (Å²) in [5.41, 5.74) is 1.71. The van der Waals surface area contributed by atoms with E-state index in [0.717, 1.165) is 12.0 Å². The molecule has 0 aliphatic carbocycles. The maximum Gasteiger partial charge on any atom is 0.255 e. The summed E-state index contributed by atoms with van der Waals surface area (Å²) in [5, 5.41) is 3.63. The molecule has 1 fully saturated rings. The third-order valence-electron chi connectivity index (χ3n) is 5.65. The molecule has 1 atom stereocenters. The Balaban J connectivity index is 1.71. The van der Waals surface area contributed by atoms with Crippen LogP contribution in [-0.4, -0.2) is 84.4 Å². The zero-order chi connectivity index (χ0) is 22.9. The minimum absolute atomic E-state index is 0.00726. The van der Waals surface area contributed by atoms with E-state index in [0.29, 0.717) is 31.7 Å². The maximum atomic E-state index is 13.0. The van der Waals surface area contributed by atoms with Crippen molar-refractivity contribution in [3.63, 3.8) is 0 Å². The Morgan fingerprint density at radius 2 is 1.88 bits per heavy atom. The molecule has 7 nitrogen and oxygen atoms in total. The van der Waals surface area contributed by atoms with Crippen molar-refractivity contribution in [3.05, 3.63) is 58.3 Å². The summed E-state index contributed by atoms with van der Waals surface area (Å²) in [7, 11) is 0. The van der Waals surface area contributed by atoms with Crippen LogP contribution in [0.5, 0.6) is 0 Å². The number of nitrogens with zero attached hydrogens (tertiary/aromatic N) is 3. The summed E-state index contributed by atoms with van der Waals surface area (Å²) in [6, 6.07) is 11.7. The van der Waals surface area contributed by atoms with Crippen molar-refractivity contribution in [2.75, 3.05) is 45.9 Å². The molecule has 32 heavy (non-hydrogen) atoms. The Morgan fingerprint density at radius 3 is 2.53 bits per heavy atom. The minimum atomic E-state index is -0.431. The van der Waals surface area contributed by atoms with Crippen molar-refractivity contribution in [1.29, 1.82) is 0 Å². The number of likely N-dealkylation sites (N-methyl/N-ethyl adjacent to an activating group) is 1. The number of amides is 3. The maximum absolute atomic E-state index is 13.0.